The lowest BCUT2D eigenvalue weighted by molar-refractivity contribution is -0.0850. The number of methoxy groups -OCH3 is 1. The fourth-order valence-electron chi connectivity index (χ4n) is 2.62. The molecule has 92 valence electrons. The maximum atomic E-state index is 12.0. The Morgan fingerprint density at radius 1 is 1.41 bits per heavy atom. The van der Waals surface area contributed by atoms with Crippen molar-refractivity contribution in [1.82, 2.24) is 15.3 Å². The van der Waals surface area contributed by atoms with Crippen LogP contribution in [0.2, 0.25) is 0 Å². The summed E-state index contributed by atoms with van der Waals surface area (Å²) in [7, 11) is 1.69. The van der Waals surface area contributed by atoms with Crippen molar-refractivity contribution in [2.24, 2.45) is 0 Å². The van der Waals surface area contributed by atoms with Crippen molar-refractivity contribution in [2.45, 2.75) is 37.8 Å². The van der Waals surface area contributed by atoms with E-state index in [1.54, 1.807) is 7.11 Å². The van der Waals surface area contributed by atoms with E-state index in [-0.39, 0.29) is 11.2 Å². The average Bonchev–Trinajstić information content (AvgIpc) is 2.28. The molecule has 1 aliphatic carbocycles. The molecule has 0 bridgehead atoms. The number of hydrogen-bond donors (Lipinski definition) is 2. The van der Waals surface area contributed by atoms with Gasteiger partial charge in [-0.15, -0.1) is 0 Å². The number of H-pyrrole nitrogens is 1. The molecule has 2 heterocycles. The zero-order valence-corrected chi connectivity index (χ0v) is 10.0. The molecule has 0 spiro atoms. The van der Waals surface area contributed by atoms with E-state index in [1.165, 1.54) is 0 Å². The Morgan fingerprint density at radius 3 is 2.88 bits per heavy atom. The lowest BCUT2D eigenvalue weighted by Crippen LogP contribution is -2.41. The number of nitrogens with one attached hydrogen (secondary N) is 2. The van der Waals surface area contributed by atoms with Gasteiger partial charge in [0.1, 0.15) is 11.4 Å². The van der Waals surface area contributed by atoms with Gasteiger partial charge in [0.15, 0.2) is 0 Å². The normalized spacial score (nSPS) is 21.7. The van der Waals surface area contributed by atoms with Crippen molar-refractivity contribution in [3.63, 3.8) is 0 Å². The minimum Gasteiger partial charge on any atom is -0.370 e. The summed E-state index contributed by atoms with van der Waals surface area (Å²) in [4.78, 5) is 19.5. The summed E-state index contributed by atoms with van der Waals surface area (Å²) < 4.78 is 5.55. The molecule has 2 N–H and O–H groups in total. The molecule has 5 nitrogen and oxygen atoms in total. The fourth-order valence-corrected chi connectivity index (χ4v) is 2.62. The van der Waals surface area contributed by atoms with E-state index in [0.717, 1.165) is 43.5 Å². The van der Waals surface area contributed by atoms with Crippen LogP contribution in [-0.2, 0) is 23.3 Å². The summed E-state index contributed by atoms with van der Waals surface area (Å²) in [5.41, 5.74) is 1.39. The number of hydrogen-bond acceptors (Lipinski definition) is 4. The van der Waals surface area contributed by atoms with Crippen LogP contribution in [0.15, 0.2) is 4.79 Å². The number of rotatable bonds is 2. The minimum atomic E-state index is -0.342. The summed E-state index contributed by atoms with van der Waals surface area (Å²) in [6.45, 7) is 1.54. The molecule has 5 heteroatoms. The summed E-state index contributed by atoms with van der Waals surface area (Å²) >= 11 is 0. The lowest BCUT2D eigenvalue weighted by atomic mass is 9.79. The van der Waals surface area contributed by atoms with E-state index < -0.39 is 0 Å². The maximum Gasteiger partial charge on any atom is 0.254 e. The quantitative estimate of drug-likeness (QED) is 0.780. The molecule has 0 unspecified atom stereocenters. The Morgan fingerprint density at radius 2 is 2.24 bits per heavy atom. The van der Waals surface area contributed by atoms with Crippen molar-refractivity contribution < 1.29 is 4.74 Å². The molecule has 1 saturated carbocycles. The molecule has 0 atom stereocenters. The smallest absolute Gasteiger partial charge is 0.254 e. The third-order valence-corrected chi connectivity index (χ3v) is 3.93. The largest absolute Gasteiger partial charge is 0.370 e. The topological polar surface area (TPSA) is 67.0 Å². The van der Waals surface area contributed by atoms with Crippen LogP contribution in [0.5, 0.6) is 0 Å². The van der Waals surface area contributed by atoms with Gasteiger partial charge in [0.05, 0.1) is 5.69 Å². The van der Waals surface area contributed by atoms with Gasteiger partial charge in [0.25, 0.3) is 5.56 Å². The van der Waals surface area contributed by atoms with Crippen molar-refractivity contribution in [3.05, 3.63) is 27.4 Å². The molecular formula is C12H17N3O2. The second-order valence-corrected chi connectivity index (χ2v) is 4.82. The standard InChI is InChI=1S/C12H17N3O2/c1-17-12(4-2-5-12)11-14-9-7-13-6-3-8(9)10(16)15-11/h13H,2-7H2,1H3,(H,14,15,16). The molecule has 1 fully saturated rings. The van der Waals surface area contributed by atoms with E-state index >= 15 is 0 Å². The van der Waals surface area contributed by atoms with Gasteiger partial charge >= 0.3 is 0 Å². The van der Waals surface area contributed by atoms with E-state index in [0.29, 0.717) is 12.4 Å². The number of ether oxygens (including phenoxy) is 1. The van der Waals surface area contributed by atoms with Crippen LogP contribution in [0.3, 0.4) is 0 Å². The molecule has 0 radical (unpaired) electrons. The highest BCUT2D eigenvalue weighted by Crippen LogP contribution is 2.42. The lowest BCUT2D eigenvalue weighted by Gasteiger charge is -2.39. The first-order chi connectivity index (χ1) is 8.25. The van der Waals surface area contributed by atoms with E-state index in [9.17, 15) is 4.79 Å². The monoisotopic (exact) mass is 235 g/mol. The van der Waals surface area contributed by atoms with Gasteiger partial charge in [0.2, 0.25) is 0 Å². The zero-order chi connectivity index (χ0) is 11.9. The number of fused-ring (bicyclic) bond motifs is 1. The SMILES string of the molecule is COC1(c2nc3c(c(=O)[nH]2)CCNC3)CCC1. The zero-order valence-electron chi connectivity index (χ0n) is 10.0. The van der Waals surface area contributed by atoms with Crippen molar-refractivity contribution in [3.8, 4) is 0 Å². The predicted octanol–water partition coefficient (Wildman–Crippen LogP) is 0.441. The van der Waals surface area contributed by atoms with Crippen molar-refractivity contribution >= 4 is 0 Å². The molecule has 0 amide bonds. The maximum absolute atomic E-state index is 12.0. The Labute approximate surface area is 99.6 Å². The van der Waals surface area contributed by atoms with E-state index in [2.05, 4.69) is 15.3 Å². The Bertz CT molecular complexity index is 486. The second-order valence-electron chi connectivity index (χ2n) is 4.82. The van der Waals surface area contributed by atoms with Crippen molar-refractivity contribution in [2.75, 3.05) is 13.7 Å². The first-order valence-electron chi connectivity index (χ1n) is 6.14. The van der Waals surface area contributed by atoms with Gasteiger partial charge in [-0.1, -0.05) is 0 Å². The van der Waals surface area contributed by atoms with Gasteiger partial charge < -0.3 is 15.0 Å². The molecule has 1 aromatic rings. The minimum absolute atomic E-state index is 0.00910. The van der Waals surface area contributed by atoms with Gasteiger partial charge in [-0.3, -0.25) is 4.79 Å². The molecule has 1 aromatic heterocycles. The third kappa shape index (κ3) is 1.61. The number of aromatic nitrogens is 2. The molecule has 2 aliphatic rings. The van der Waals surface area contributed by atoms with Gasteiger partial charge in [-0.2, -0.15) is 0 Å². The van der Waals surface area contributed by atoms with Gasteiger partial charge in [0, 0.05) is 19.2 Å². The Kier molecular flexibility index (Phi) is 2.52. The highest BCUT2D eigenvalue weighted by atomic mass is 16.5. The summed E-state index contributed by atoms with van der Waals surface area (Å²) in [5, 5.41) is 3.24. The van der Waals surface area contributed by atoms with Crippen LogP contribution in [0.4, 0.5) is 0 Å². The van der Waals surface area contributed by atoms with E-state index in [1.807, 2.05) is 0 Å². The summed E-state index contributed by atoms with van der Waals surface area (Å²) in [6.07, 6.45) is 3.78. The number of nitrogens with zero attached hydrogens (tertiary/aromatic N) is 1. The molecular weight excluding hydrogens is 218 g/mol. The van der Waals surface area contributed by atoms with Crippen LogP contribution in [0.1, 0.15) is 36.3 Å². The molecule has 0 aromatic carbocycles. The number of aromatic amines is 1. The first kappa shape index (κ1) is 10.9. The summed E-state index contributed by atoms with van der Waals surface area (Å²) in [6, 6.07) is 0. The van der Waals surface area contributed by atoms with Gasteiger partial charge in [-0.05, 0) is 32.2 Å². The molecule has 3 rings (SSSR count). The molecule has 17 heavy (non-hydrogen) atoms. The highest BCUT2D eigenvalue weighted by molar-refractivity contribution is 5.23. The third-order valence-electron chi connectivity index (χ3n) is 3.93. The first-order valence-corrected chi connectivity index (χ1v) is 6.14. The fraction of sp³-hybridized carbons (Fsp3) is 0.667. The summed E-state index contributed by atoms with van der Waals surface area (Å²) in [5.74, 6) is 0.707. The van der Waals surface area contributed by atoms with Crippen LogP contribution < -0.4 is 10.9 Å². The van der Waals surface area contributed by atoms with Crippen molar-refractivity contribution in [1.29, 1.82) is 0 Å². The Hall–Kier alpha value is -1.20. The molecule has 1 aliphatic heterocycles. The second kappa shape index (κ2) is 3.92. The van der Waals surface area contributed by atoms with E-state index in [4.69, 9.17) is 4.74 Å². The predicted molar refractivity (Wildman–Crippen MR) is 62.8 cm³/mol. The van der Waals surface area contributed by atoms with Crippen LogP contribution in [0, 0.1) is 0 Å². The van der Waals surface area contributed by atoms with Crippen LogP contribution >= 0.6 is 0 Å². The Balaban J connectivity index is 2.07. The molecule has 0 saturated heterocycles. The van der Waals surface area contributed by atoms with Crippen LogP contribution in [0.25, 0.3) is 0 Å². The highest BCUT2D eigenvalue weighted by Gasteiger charge is 2.41. The average molecular weight is 235 g/mol. The van der Waals surface area contributed by atoms with Gasteiger partial charge in [-0.25, -0.2) is 4.98 Å². The van der Waals surface area contributed by atoms with Crippen LogP contribution in [-0.4, -0.2) is 23.6 Å².